The van der Waals surface area contributed by atoms with Crippen molar-refractivity contribution < 1.29 is 0 Å². The summed E-state index contributed by atoms with van der Waals surface area (Å²) in [6.07, 6.45) is 16.8. The second-order valence-electron chi connectivity index (χ2n) is 4.72. The first kappa shape index (κ1) is 9.14. The van der Waals surface area contributed by atoms with Crippen molar-refractivity contribution in [3.05, 3.63) is 35.6 Å². The lowest BCUT2D eigenvalue weighted by Crippen LogP contribution is -2.07. The fourth-order valence-corrected chi connectivity index (χ4v) is 2.76. The van der Waals surface area contributed by atoms with Gasteiger partial charge in [-0.1, -0.05) is 37.5 Å². The number of nitrogens with zero attached hydrogens (tertiary/aromatic N) is 1. The highest BCUT2D eigenvalue weighted by atomic mass is 14.8. The molecular formula is C14H17N. The van der Waals surface area contributed by atoms with Crippen molar-refractivity contribution in [2.45, 2.75) is 38.5 Å². The lowest BCUT2D eigenvalue weighted by atomic mass is 9.87. The van der Waals surface area contributed by atoms with Crippen LogP contribution in [-0.2, 0) is 0 Å². The fraction of sp³-hybridized carbons (Fsp3) is 0.500. The minimum Gasteiger partial charge on any atom is -0.257 e. The maximum atomic E-state index is 4.79. The van der Waals surface area contributed by atoms with E-state index in [1.807, 2.05) is 0 Å². The second-order valence-corrected chi connectivity index (χ2v) is 4.72. The molecule has 78 valence electrons. The maximum absolute atomic E-state index is 4.79. The Morgan fingerprint density at radius 2 is 2.00 bits per heavy atom. The van der Waals surface area contributed by atoms with E-state index in [2.05, 4.69) is 24.3 Å². The van der Waals surface area contributed by atoms with Gasteiger partial charge in [-0.25, -0.2) is 0 Å². The molecular weight excluding hydrogens is 182 g/mol. The maximum Gasteiger partial charge on any atom is 0.0517 e. The van der Waals surface area contributed by atoms with Gasteiger partial charge in [0.05, 0.1) is 5.71 Å². The molecule has 1 fully saturated rings. The third kappa shape index (κ3) is 1.71. The average molecular weight is 199 g/mol. The molecule has 1 heteroatoms. The van der Waals surface area contributed by atoms with E-state index in [9.17, 15) is 0 Å². The van der Waals surface area contributed by atoms with Crippen molar-refractivity contribution in [1.29, 1.82) is 0 Å². The number of rotatable bonds is 1. The van der Waals surface area contributed by atoms with E-state index in [4.69, 9.17) is 4.99 Å². The Kier molecular flexibility index (Phi) is 2.32. The van der Waals surface area contributed by atoms with Crippen LogP contribution < -0.4 is 0 Å². The summed E-state index contributed by atoms with van der Waals surface area (Å²) in [5.74, 6) is 0.748. The van der Waals surface area contributed by atoms with Crippen molar-refractivity contribution in [3.8, 4) is 0 Å². The molecule has 3 aliphatic rings. The van der Waals surface area contributed by atoms with Crippen LogP contribution in [0.3, 0.4) is 0 Å². The summed E-state index contributed by atoms with van der Waals surface area (Å²) in [5, 5.41) is 0. The molecule has 0 saturated heterocycles. The summed E-state index contributed by atoms with van der Waals surface area (Å²) in [6, 6.07) is 0. The third-order valence-electron chi connectivity index (χ3n) is 3.65. The van der Waals surface area contributed by atoms with Crippen LogP contribution in [0.2, 0.25) is 0 Å². The molecule has 0 radical (unpaired) electrons. The normalized spacial score (nSPS) is 25.7. The van der Waals surface area contributed by atoms with Gasteiger partial charge in [0.2, 0.25) is 0 Å². The Morgan fingerprint density at radius 1 is 1.13 bits per heavy atom. The molecule has 0 spiro atoms. The van der Waals surface area contributed by atoms with E-state index in [0.717, 1.165) is 12.3 Å². The van der Waals surface area contributed by atoms with Gasteiger partial charge in [0, 0.05) is 18.0 Å². The highest BCUT2D eigenvalue weighted by Gasteiger charge is 2.23. The minimum absolute atomic E-state index is 0.748. The van der Waals surface area contributed by atoms with Crippen LogP contribution in [0.5, 0.6) is 0 Å². The smallest absolute Gasteiger partial charge is 0.0517 e. The fourth-order valence-electron chi connectivity index (χ4n) is 2.76. The van der Waals surface area contributed by atoms with Gasteiger partial charge in [-0.2, -0.15) is 0 Å². The van der Waals surface area contributed by atoms with Crippen molar-refractivity contribution in [2.24, 2.45) is 10.9 Å². The predicted molar refractivity (Wildman–Crippen MR) is 63.9 cm³/mol. The quantitative estimate of drug-likeness (QED) is 0.609. The minimum atomic E-state index is 0.748. The average Bonchev–Trinajstić information content (AvgIpc) is 2.74. The Bertz CT molecular complexity index is 376. The van der Waals surface area contributed by atoms with Crippen LogP contribution in [0, 0.1) is 5.92 Å². The molecule has 1 heterocycles. The van der Waals surface area contributed by atoms with Gasteiger partial charge in [0.15, 0.2) is 0 Å². The van der Waals surface area contributed by atoms with Crippen LogP contribution in [0.1, 0.15) is 38.5 Å². The van der Waals surface area contributed by atoms with Crippen LogP contribution in [-0.4, -0.2) is 5.71 Å². The first-order valence-electron chi connectivity index (χ1n) is 6.10. The highest BCUT2D eigenvalue weighted by molar-refractivity contribution is 6.07. The lowest BCUT2D eigenvalue weighted by Gasteiger charge is -2.20. The van der Waals surface area contributed by atoms with E-state index < -0.39 is 0 Å². The van der Waals surface area contributed by atoms with E-state index in [1.165, 1.54) is 49.1 Å². The van der Waals surface area contributed by atoms with Gasteiger partial charge < -0.3 is 0 Å². The Labute approximate surface area is 91.3 Å². The third-order valence-corrected chi connectivity index (χ3v) is 3.65. The summed E-state index contributed by atoms with van der Waals surface area (Å²) in [6.45, 7) is 0. The number of allylic oxidation sites excluding steroid dienone is 6. The summed E-state index contributed by atoms with van der Waals surface area (Å²) >= 11 is 0. The first-order valence-corrected chi connectivity index (χ1v) is 6.10. The Hall–Kier alpha value is -1.11. The molecule has 15 heavy (non-hydrogen) atoms. The molecule has 0 aromatic heterocycles. The van der Waals surface area contributed by atoms with Crippen molar-refractivity contribution in [3.63, 3.8) is 0 Å². The highest BCUT2D eigenvalue weighted by Crippen LogP contribution is 2.34. The van der Waals surface area contributed by atoms with E-state index in [0.29, 0.717) is 0 Å². The monoisotopic (exact) mass is 199 g/mol. The van der Waals surface area contributed by atoms with Gasteiger partial charge in [0.25, 0.3) is 0 Å². The zero-order valence-corrected chi connectivity index (χ0v) is 9.08. The van der Waals surface area contributed by atoms with Crippen LogP contribution in [0.4, 0.5) is 0 Å². The summed E-state index contributed by atoms with van der Waals surface area (Å²) in [4.78, 5) is 4.79. The number of fused-ring (bicyclic) bond motifs is 1. The molecule has 3 rings (SSSR count). The summed E-state index contributed by atoms with van der Waals surface area (Å²) < 4.78 is 0. The predicted octanol–water partition coefficient (Wildman–Crippen LogP) is 3.79. The summed E-state index contributed by atoms with van der Waals surface area (Å²) in [7, 11) is 0. The number of hydrogen-bond acceptors (Lipinski definition) is 1. The molecule has 0 amide bonds. The molecule has 1 saturated carbocycles. The van der Waals surface area contributed by atoms with Crippen molar-refractivity contribution >= 4 is 5.71 Å². The van der Waals surface area contributed by atoms with Crippen LogP contribution >= 0.6 is 0 Å². The zero-order valence-electron chi connectivity index (χ0n) is 9.08. The zero-order chi connectivity index (χ0) is 10.1. The molecule has 0 atom stereocenters. The van der Waals surface area contributed by atoms with Crippen LogP contribution in [0.15, 0.2) is 40.6 Å². The molecule has 0 aromatic carbocycles. The topological polar surface area (TPSA) is 12.4 Å². The Morgan fingerprint density at radius 3 is 2.80 bits per heavy atom. The van der Waals surface area contributed by atoms with Crippen molar-refractivity contribution in [1.82, 2.24) is 0 Å². The largest absolute Gasteiger partial charge is 0.257 e. The number of hydrogen-bond donors (Lipinski definition) is 0. The van der Waals surface area contributed by atoms with Gasteiger partial charge >= 0.3 is 0 Å². The molecule has 1 aliphatic heterocycles. The molecule has 1 nitrogen and oxygen atoms in total. The van der Waals surface area contributed by atoms with Crippen LogP contribution in [0.25, 0.3) is 0 Å². The molecule has 0 unspecified atom stereocenters. The molecule has 0 N–H and O–H groups in total. The number of aliphatic imine (C=N–C) groups is 1. The standard InChI is InChI=1S/C14H17N/c1-2-6-11(7-3-1)14-10-12-8-4-5-9-13(12)15-14/h4-5,8,10-11H,1-3,6-7,9H2. The summed E-state index contributed by atoms with van der Waals surface area (Å²) in [5.41, 5.74) is 4.01. The Balaban J connectivity index is 1.81. The van der Waals surface area contributed by atoms with E-state index in [-0.39, 0.29) is 0 Å². The molecule has 0 aromatic rings. The second kappa shape index (κ2) is 3.80. The lowest BCUT2D eigenvalue weighted by molar-refractivity contribution is 0.401. The van der Waals surface area contributed by atoms with Gasteiger partial charge in [-0.15, -0.1) is 0 Å². The molecule has 2 aliphatic carbocycles. The SMILES string of the molecule is C1=CCC2=NC(C3CCCCC3)=CC2=C1. The van der Waals surface area contributed by atoms with E-state index >= 15 is 0 Å². The van der Waals surface area contributed by atoms with Crippen molar-refractivity contribution in [2.75, 3.05) is 0 Å². The van der Waals surface area contributed by atoms with E-state index in [1.54, 1.807) is 0 Å². The van der Waals surface area contributed by atoms with Gasteiger partial charge in [-0.05, 0) is 24.5 Å². The first-order chi connectivity index (χ1) is 7.43. The van der Waals surface area contributed by atoms with Gasteiger partial charge in [-0.3, -0.25) is 4.99 Å². The molecule has 0 bridgehead atoms. The van der Waals surface area contributed by atoms with Gasteiger partial charge in [0.1, 0.15) is 0 Å².